The van der Waals surface area contributed by atoms with Gasteiger partial charge in [0.25, 0.3) is 0 Å². The molecule has 9 atom stereocenters. The highest BCUT2D eigenvalue weighted by Gasteiger charge is 2.69. The maximum Gasteiger partial charge on any atom is 0.340 e. The highest BCUT2D eigenvalue weighted by atomic mass is 33.1. The number of cyclic esters (lactones) is 1. The number of hydrogen-bond donors (Lipinski definition) is 4. The first-order chi connectivity index (χ1) is 23.8. The predicted octanol–water partition coefficient (Wildman–Crippen LogP) is 5.84. The Morgan fingerprint density at radius 3 is 2.76 bits per heavy atom. The van der Waals surface area contributed by atoms with Gasteiger partial charge in [0.2, 0.25) is 0 Å². The minimum absolute atomic E-state index is 0.0390. The van der Waals surface area contributed by atoms with E-state index >= 15 is 0 Å². The number of ether oxygens (including phenoxy) is 2. The number of allylic oxidation sites excluding steroid dienone is 5. The van der Waals surface area contributed by atoms with Crippen molar-refractivity contribution in [2.75, 3.05) is 19.0 Å². The average molecular weight is 712 g/mol. The molecule has 49 heavy (non-hydrogen) atoms. The minimum Gasteiger partial charge on any atom is -0.427 e. The summed E-state index contributed by atoms with van der Waals surface area (Å²) in [5, 5.41) is 27.3. The van der Waals surface area contributed by atoms with Crippen molar-refractivity contribution in [1.82, 2.24) is 5.32 Å². The van der Waals surface area contributed by atoms with E-state index in [-0.39, 0.29) is 59.7 Å². The van der Waals surface area contributed by atoms with Crippen LogP contribution in [0.5, 0.6) is 0 Å². The summed E-state index contributed by atoms with van der Waals surface area (Å²) in [4.78, 5) is 28.7. The molecule has 0 aromatic carbocycles. The smallest absolute Gasteiger partial charge is 0.340 e. The van der Waals surface area contributed by atoms with Gasteiger partial charge in [0.1, 0.15) is 23.1 Å². The van der Waals surface area contributed by atoms with Crippen molar-refractivity contribution in [3.63, 3.8) is 0 Å². The normalized spacial score (nSPS) is 41.1. The molecule has 2 unspecified atom stereocenters. The third-order valence-electron chi connectivity index (χ3n) is 14.1. The van der Waals surface area contributed by atoms with Gasteiger partial charge in [-0.05, 0) is 111 Å². The Balaban J connectivity index is 1.30. The molecular weight excluding hydrogens is 657 g/mol. The summed E-state index contributed by atoms with van der Waals surface area (Å²) in [5.74, 6) is 2.67. The van der Waals surface area contributed by atoms with Gasteiger partial charge in [-0.15, -0.1) is 0 Å². The molecule has 0 radical (unpaired) electrons. The number of nitrogens with one attached hydrogen (secondary N) is 1. The van der Waals surface area contributed by atoms with Gasteiger partial charge < -0.3 is 25.0 Å². The Hall–Kier alpha value is -1.56. The van der Waals surface area contributed by atoms with Crippen molar-refractivity contribution in [1.29, 1.82) is 0 Å². The van der Waals surface area contributed by atoms with Gasteiger partial charge in [0.15, 0.2) is 0 Å². The van der Waals surface area contributed by atoms with Crippen LogP contribution in [0.2, 0.25) is 0 Å². The van der Waals surface area contributed by atoms with Crippen molar-refractivity contribution in [3.05, 3.63) is 46.0 Å². The van der Waals surface area contributed by atoms with E-state index in [0.29, 0.717) is 24.5 Å². The molecule has 1 spiro atoms. The van der Waals surface area contributed by atoms with Crippen LogP contribution in [0.1, 0.15) is 104 Å². The number of carbonyl (C=O) groups is 2. The molecule has 7 bridgehead atoms. The second-order valence-corrected chi connectivity index (χ2v) is 18.8. The monoisotopic (exact) mass is 711 g/mol. The van der Waals surface area contributed by atoms with E-state index < -0.39 is 10.9 Å². The standard InChI is InChI=1S/C39H54N2O6S2/c1-3-38(14-4-5-15-38)20-28-27-10-9-26-25-12-16-39(33(26)32(27)35(43)46-28)29-11-8-22(2)37(45)49-48-21-41-30-19-23(13-17-40-30)24(7-6-18-42)31(25)34(39)36(44)47-29/h11,20,22-26,30,33,37,40-42,45H,3-10,12-19,21H2,1-2H3/p+1/t22-,23?,24+,25-,26+,30?,33+,37-,39-/m1/s1. The van der Waals surface area contributed by atoms with Crippen molar-refractivity contribution in [2.45, 2.75) is 115 Å². The SMILES string of the molecule is CCC1(C=C2OC(=O)C3=C2CC[C@@H]2[C@@H]3[C@]34CC[C@H]2C2=C3C(=O)OC4=CC[C@@H](C)[C@H](O)SSCNC3CC(CC[NH2+]3)[C@@H]2CCCO)CCCC1. The van der Waals surface area contributed by atoms with Crippen molar-refractivity contribution >= 4 is 33.5 Å². The highest BCUT2D eigenvalue weighted by Crippen LogP contribution is 2.72. The van der Waals surface area contributed by atoms with E-state index in [4.69, 9.17) is 9.47 Å². The van der Waals surface area contributed by atoms with Gasteiger partial charge >= 0.3 is 11.9 Å². The number of piperidine rings is 1. The summed E-state index contributed by atoms with van der Waals surface area (Å²) >= 11 is 0. The Morgan fingerprint density at radius 2 is 1.96 bits per heavy atom. The average Bonchev–Trinajstić information content (AvgIpc) is 3.80. The number of hydrogen-bond acceptors (Lipinski definition) is 9. The molecule has 4 aliphatic heterocycles. The topological polar surface area (TPSA) is 122 Å². The Labute approximate surface area is 299 Å². The van der Waals surface area contributed by atoms with Crippen molar-refractivity contribution in [3.8, 4) is 0 Å². The number of carbonyl (C=O) groups excluding carboxylic acids is 2. The zero-order valence-corrected chi connectivity index (χ0v) is 30.8. The summed E-state index contributed by atoms with van der Waals surface area (Å²) in [6.07, 6.45) is 18.2. The van der Waals surface area contributed by atoms with Crippen LogP contribution < -0.4 is 10.6 Å². The van der Waals surface area contributed by atoms with Crippen LogP contribution in [0, 0.1) is 46.3 Å². The van der Waals surface area contributed by atoms with Gasteiger partial charge in [0, 0.05) is 36.5 Å². The fourth-order valence-electron chi connectivity index (χ4n) is 11.6. The summed E-state index contributed by atoms with van der Waals surface area (Å²) in [6.45, 7) is 5.48. The van der Waals surface area contributed by atoms with Crippen LogP contribution in [-0.4, -0.2) is 52.8 Å². The largest absolute Gasteiger partial charge is 0.427 e. The van der Waals surface area contributed by atoms with Crippen molar-refractivity contribution < 1.29 is 34.6 Å². The molecule has 9 aliphatic rings. The van der Waals surface area contributed by atoms with Crippen LogP contribution in [0.25, 0.3) is 0 Å². The molecule has 5 N–H and O–H groups in total. The Bertz CT molecular complexity index is 1480. The van der Waals surface area contributed by atoms with Gasteiger partial charge in [-0.1, -0.05) is 53.9 Å². The van der Waals surface area contributed by atoms with Crippen LogP contribution in [0.3, 0.4) is 0 Å². The molecule has 10 heteroatoms. The van der Waals surface area contributed by atoms with E-state index in [9.17, 15) is 19.8 Å². The van der Waals surface area contributed by atoms with Crippen LogP contribution in [0.15, 0.2) is 46.0 Å². The van der Waals surface area contributed by atoms with Crippen LogP contribution in [0.4, 0.5) is 0 Å². The predicted molar refractivity (Wildman–Crippen MR) is 191 cm³/mol. The molecule has 5 aliphatic carbocycles. The van der Waals surface area contributed by atoms with Crippen molar-refractivity contribution in [2.24, 2.45) is 46.3 Å². The fraction of sp³-hybridized carbons (Fsp3) is 0.744. The third kappa shape index (κ3) is 5.74. The molecule has 0 aromatic rings. The lowest BCUT2D eigenvalue weighted by molar-refractivity contribution is -0.705. The maximum atomic E-state index is 14.5. The fourth-order valence-corrected chi connectivity index (χ4v) is 13.8. The number of aliphatic hydroxyl groups is 2. The molecule has 4 heterocycles. The lowest BCUT2D eigenvalue weighted by Crippen LogP contribution is -2.95. The molecule has 9 rings (SSSR count). The lowest BCUT2D eigenvalue weighted by atomic mass is 9.43. The van der Waals surface area contributed by atoms with E-state index in [1.807, 2.05) is 0 Å². The summed E-state index contributed by atoms with van der Waals surface area (Å²) < 4.78 is 12.7. The number of fused-ring (bicyclic) bond motifs is 3. The molecule has 4 fully saturated rings. The number of quaternary nitrogens is 1. The molecule has 2 saturated carbocycles. The highest BCUT2D eigenvalue weighted by molar-refractivity contribution is 8.76. The Morgan fingerprint density at radius 1 is 1.12 bits per heavy atom. The van der Waals surface area contributed by atoms with Crippen LogP contribution in [-0.2, 0) is 19.1 Å². The molecule has 268 valence electrons. The summed E-state index contributed by atoms with van der Waals surface area (Å²) in [6, 6.07) is 0. The third-order valence-corrected chi connectivity index (χ3v) is 16.5. The van der Waals surface area contributed by atoms with E-state index in [1.165, 1.54) is 29.2 Å². The first kappa shape index (κ1) is 34.5. The number of aliphatic hydroxyl groups excluding tert-OH is 2. The lowest BCUT2D eigenvalue weighted by Gasteiger charge is -2.58. The van der Waals surface area contributed by atoms with E-state index in [0.717, 1.165) is 99.1 Å². The van der Waals surface area contributed by atoms with Crippen LogP contribution >= 0.6 is 21.6 Å². The molecule has 2 saturated heterocycles. The van der Waals surface area contributed by atoms with Gasteiger partial charge in [0.05, 0.1) is 23.4 Å². The summed E-state index contributed by atoms with van der Waals surface area (Å²) in [7, 11) is 3.17. The molecule has 0 amide bonds. The first-order valence-electron chi connectivity index (χ1n) is 19.3. The molecule has 8 nitrogen and oxygen atoms in total. The Kier molecular flexibility index (Phi) is 9.70. The molecular formula is C39H55N2O6S2+. The second-order valence-electron chi connectivity index (χ2n) is 16.4. The number of rotatable bonds is 5. The summed E-state index contributed by atoms with van der Waals surface area (Å²) in [5.41, 5.74) is 2.87. The quantitative estimate of drug-likeness (QED) is 0.206. The zero-order valence-electron chi connectivity index (χ0n) is 29.2. The second kappa shape index (κ2) is 13.8. The number of esters is 2. The zero-order chi connectivity index (χ0) is 33.9. The molecule has 0 aromatic heterocycles. The van der Waals surface area contributed by atoms with E-state index in [1.54, 1.807) is 10.8 Å². The number of nitrogens with two attached hydrogens (primary N) is 1. The maximum absolute atomic E-state index is 14.5. The van der Waals surface area contributed by atoms with Gasteiger partial charge in [-0.25, -0.2) is 9.59 Å². The first-order valence-corrected chi connectivity index (χ1v) is 21.7. The minimum atomic E-state index is -0.698. The van der Waals surface area contributed by atoms with E-state index in [2.05, 4.69) is 36.6 Å². The van der Waals surface area contributed by atoms with Gasteiger partial charge in [-0.2, -0.15) is 0 Å². The van der Waals surface area contributed by atoms with Gasteiger partial charge in [-0.3, -0.25) is 5.32 Å².